The van der Waals surface area contributed by atoms with E-state index in [0.717, 1.165) is 60.2 Å². The van der Waals surface area contributed by atoms with Crippen LogP contribution in [0.1, 0.15) is 47.3 Å². The van der Waals surface area contributed by atoms with Gasteiger partial charge < -0.3 is 14.8 Å². The van der Waals surface area contributed by atoms with E-state index in [0.29, 0.717) is 12.8 Å². The second-order valence-corrected chi connectivity index (χ2v) is 11.1. The fourth-order valence-corrected chi connectivity index (χ4v) is 7.33. The molecule has 4 aliphatic rings. The number of piperidine rings is 1. The van der Waals surface area contributed by atoms with Crippen LogP contribution in [0, 0.1) is 12.8 Å². The summed E-state index contributed by atoms with van der Waals surface area (Å²) in [5.74, 6) is 1.62. The van der Waals surface area contributed by atoms with Crippen LogP contribution in [-0.4, -0.2) is 56.6 Å². The largest absolute Gasteiger partial charge is 0.497 e. The van der Waals surface area contributed by atoms with Crippen LogP contribution < -0.4 is 10.3 Å². The van der Waals surface area contributed by atoms with E-state index in [1.54, 1.807) is 19.4 Å². The number of rotatable bonds is 4. The average Bonchev–Trinajstić information content (AvgIpc) is 3.62. The van der Waals surface area contributed by atoms with Gasteiger partial charge >= 0.3 is 0 Å². The third-order valence-electron chi connectivity index (χ3n) is 9.29. The number of benzene rings is 1. The molecule has 3 heterocycles. The van der Waals surface area contributed by atoms with Crippen LogP contribution in [0.15, 0.2) is 41.3 Å². The minimum Gasteiger partial charge on any atom is -0.497 e. The summed E-state index contributed by atoms with van der Waals surface area (Å²) in [5, 5.41) is 17.7. The topological polar surface area (TPSA) is 83.4 Å². The standard InChI is InChI=1S/C28H32N4O3/c1-17-22-14-28(34)25-11-19-5-6-21(35-2)13-23(19)27(28,8-10-31(25)16-18-3-4-18)15-24(22)32(30-17)20-7-9-29-26(33)12-20/h5-7,9,12-13,18,25,34H,3-4,8,10-11,14-16H2,1-2H3,(H,29,33)/t25-,27-,28-/m1/s1. The lowest BCUT2D eigenvalue weighted by Crippen LogP contribution is -2.74. The van der Waals surface area contributed by atoms with Gasteiger partial charge in [0.15, 0.2) is 0 Å². The minimum absolute atomic E-state index is 0.0909. The molecule has 7 nitrogen and oxygen atoms in total. The first-order valence-electron chi connectivity index (χ1n) is 12.8. The summed E-state index contributed by atoms with van der Waals surface area (Å²) in [4.78, 5) is 17.4. The molecule has 3 aromatic rings. The van der Waals surface area contributed by atoms with E-state index < -0.39 is 11.0 Å². The van der Waals surface area contributed by atoms with Crippen molar-refractivity contribution < 1.29 is 9.84 Å². The summed E-state index contributed by atoms with van der Waals surface area (Å²) in [7, 11) is 1.71. The van der Waals surface area contributed by atoms with Crippen molar-refractivity contribution in [3.8, 4) is 11.4 Å². The Hall–Kier alpha value is -2.90. The van der Waals surface area contributed by atoms with Crippen LogP contribution in [-0.2, 0) is 24.7 Å². The van der Waals surface area contributed by atoms with Gasteiger partial charge in [0.1, 0.15) is 5.75 Å². The summed E-state index contributed by atoms with van der Waals surface area (Å²) < 4.78 is 7.58. The SMILES string of the molecule is COc1ccc2c(c1)[C@]13CCN(CC4CC4)[C@H](C2)[C@]1(O)Cc1c(C)nn(-c2cc[nH]c(=O)c2)c1C3. The van der Waals surface area contributed by atoms with Crippen molar-refractivity contribution in [1.29, 1.82) is 0 Å². The van der Waals surface area contributed by atoms with Crippen LogP contribution in [0.5, 0.6) is 5.75 Å². The van der Waals surface area contributed by atoms with Crippen molar-refractivity contribution in [2.24, 2.45) is 5.92 Å². The Morgan fingerprint density at radius 1 is 1.23 bits per heavy atom. The molecule has 3 aliphatic carbocycles. The molecule has 1 saturated carbocycles. The highest BCUT2D eigenvalue weighted by molar-refractivity contribution is 5.53. The number of aryl methyl sites for hydroxylation is 1. The van der Waals surface area contributed by atoms with E-state index in [2.05, 4.69) is 28.1 Å². The maximum atomic E-state index is 12.8. The number of methoxy groups -OCH3 is 1. The van der Waals surface area contributed by atoms with Crippen LogP contribution in [0.2, 0.25) is 0 Å². The number of fused-ring (bicyclic) bond motifs is 2. The average molecular weight is 473 g/mol. The molecule has 0 amide bonds. The maximum Gasteiger partial charge on any atom is 0.250 e. The summed E-state index contributed by atoms with van der Waals surface area (Å²) in [6.07, 6.45) is 7.33. The molecule has 3 atom stereocenters. The first kappa shape index (κ1) is 21.4. The van der Waals surface area contributed by atoms with E-state index in [1.807, 2.05) is 17.7 Å². The van der Waals surface area contributed by atoms with Crippen molar-refractivity contribution in [3.63, 3.8) is 0 Å². The van der Waals surface area contributed by atoms with E-state index in [4.69, 9.17) is 9.84 Å². The molecule has 2 bridgehead atoms. The van der Waals surface area contributed by atoms with Gasteiger partial charge in [0.25, 0.3) is 0 Å². The van der Waals surface area contributed by atoms with Gasteiger partial charge in [0.2, 0.25) is 5.56 Å². The van der Waals surface area contributed by atoms with Gasteiger partial charge in [-0.2, -0.15) is 5.10 Å². The number of aromatic amines is 1. The summed E-state index contributed by atoms with van der Waals surface area (Å²) in [6, 6.07) is 10.0. The second kappa shape index (κ2) is 7.31. The normalized spacial score (nSPS) is 29.3. The Morgan fingerprint density at radius 3 is 2.86 bits per heavy atom. The monoisotopic (exact) mass is 472 g/mol. The Morgan fingerprint density at radius 2 is 2.09 bits per heavy atom. The summed E-state index contributed by atoms with van der Waals surface area (Å²) in [5.41, 5.74) is 5.06. The van der Waals surface area contributed by atoms with Crippen molar-refractivity contribution in [3.05, 3.63) is 75.0 Å². The van der Waals surface area contributed by atoms with Gasteiger partial charge in [-0.05, 0) is 80.0 Å². The highest BCUT2D eigenvalue weighted by Crippen LogP contribution is 2.58. The lowest BCUT2D eigenvalue weighted by molar-refractivity contribution is -0.152. The van der Waals surface area contributed by atoms with E-state index in [9.17, 15) is 9.90 Å². The van der Waals surface area contributed by atoms with Crippen molar-refractivity contribution >= 4 is 0 Å². The van der Waals surface area contributed by atoms with E-state index in [-0.39, 0.29) is 11.6 Å². The lowest BCUT2D eigenvalue weighted by Gasteiger charge is -2.63. The van der Waals surface area contributed by atoms with Crippen molar-refractivity contribution in [2.45, 2.75) is 62.5 Å². The third kappa shape index (κ3) is 2.97. The molecule has 2 aromatic heterocycles. The highest BCUT2D eigenvalue weighted by atomic mass is 16.5. The first-order chi connectivity index (χ1) is 16.9. The molecule has 2 N–H and O–H groups in total. The van der Waals surface area contributed by atoms with Crippen LogP contribution in [0.3, 0.4) is 0 Å². The number of nitrogens with zero attached hydrogens (tertiary/aromatic N) is 3. The predicted octanol–water partition coefficient (Wildman–Crippen LogP) is 2.69. The van der Waals surface area contributed by atoms with Crippen molar-refractivity contribution in [2.75, 3.05) is 20.2 Å². The fraction of sp³-hybridized carbons (Fsp3) is 0.500. The summed E-state index contributed by atoms with van der Waals surface area (Å²) in [6.45, 7) is 4.11. The molecule has 35 heavy (non-hydrogen) atoms. The van der Waals surface area contributed by atoms with Gasteiger partial charge in [-0.25, -0.2) is 4.68 Å². The number of likely N-dealkylation sites (tertiary alicyclic amines) is 1. The molecule has 1 saturated heterocycles. The zero-order chi connectivity index (χ0) is 23.9. The zero-order valence-corrected chi connectivity index (χ0v) is 20.4. The third-order valence-corrected chi connectivity index (χ3v) is 9.29. The second-order valence-electron chi connectivity index (χ2n) is 11.1. The van der Waals surface area contributed by atoms with Crippen LogP contribution >= 0.6 is 0 Å². The smallest absolute Gasteiger partial charge is 0.250 e. The van der Waals surface area contributed by atoms with Crippen LogP contribution in [0.25, 0.3) is 5.69 Å². The highest BCUT2D eigenvalue weighted by Gasteiger charge is 2.65. The molecule has 1 aromatic carbocycles. The van der Waals surface area contributed by atoms with Crippen LogP contribution in [0.4, 0.5) is 0 Å². The molecule has 2 fully saturated rings. The predicted molar refractivity (Wildman–Crippen MR) is 132 cm³/mol. The number of ether oxygens (including phenoxy) is 1. The molecule has 0 unspecified atom stereocenters. The number of nitrogens with one attached hydrogen (secondary N) is 1. The van der Waals surface area contributed by atoms with Crippen molar-refractivity contribution in [1.82, 2.24) is 19.7 Å². The van der Waals surface area contributed by atoms with Gasteiger partial charge in [-0.3, -0.25) is 9.69 Å². The fourth-order valence-electron chi connectivity index (χ4n) is 7.33. The zero-order valence-electron chi connectivity index (χ0n) is 20.4. The Kier molecular flexibility index (Phi) is 4.46. The number of aliphatic hydroxyl groups is 1. The number of pyridine rings is 1. The molecule has 1 aliphatic heterocycles. The number of hydrogen-bond donors (Lipinski definition) is 2. The van der Waals surface area contributed by atoms with Gasteiger partial charge in [0.05, 0.1) is 24.1 Å². The van der Waals surface area contributed by atoms with Gasteiger partial charge in [-0.1, -0.05) is 6.07 Å². The van der Waals surface area contributed by atoms with Gasteiger partial charge in [0, 0.05) is 48.8 Å². The first-order valence-corrected chi connectivity index (χ1v) is 12.8. The summed E-state index contributed by atoms with van der Waals surface area (Å²) >= 11 is 0. The quantitative estimate of drug-likeness (QED) is 0.610. The number of aromatic nitrogens is 3. The Labute approximate surface area is 204 Å². The van der Waals surface area contributed by atoms with E-state index in [1.165, 1.54) is 24.0 Å². The minimum atomic E-state index is -0.876. The lowest BCUT2D eigenvalue weighted by atomic mass is 9.49. The number of hydrogen-bond acceptors (Lipinski definition) is 5. The Balaban J connectivity index is 1.43. The molecular formula is C28H32N4O3. The molecular weight excluding hydrogens is 440 g/mol. The Bertz CT molecular complexity index is 1390. The molecule has 7 heteroatoms. The number of H-pyrrole nitrogens is 1. The maximum absolute atomic E-state index is 12.8. The van der Waals surface area contributed by atoms with Gasteiger partial charge in [-0.15, -0.1) is 0 Å². The molecule has 7 rings (SSSR count). The van der Waals surface area contributed by atoms with E-state index >= 15 is 0 Å². The molecule has 0 spiro atoms. The molecule has 0 radical (unpaired) electrons. The molecule has 182 valence electrons.